The van der Waals surface area contributed by atoms with Gasteiger partial charge in [-0.15, -0.1) is 0 Å². The number of quaternary nitrogens is 1. The van der Waals surface area contributed by atoms with Crippen molar-refractivity contribution < 1.29 is 39.7 Å². The van der Waals surface area contributed by atoms with E-state index >= 15 is 0 Å². The van der Waals surface area contributed by atoms with E-state index in [0.717, 1.165) is 4.90 Å². The van der Waals surface area contributed by atoms with Crippen LogP contribution >= 0.6 is 0 Å². The molecule has 0 aromatic carbocycles. The second-order valence-corrected chi connectivity index (χ2v) is 7.25. The van der Waals surface area contributed by atoms with E-state index in [1.54, 1.807) is 6.20 Å². The molecule has 4 atom stereocenters. The van der Waals surface area contributed by atoms with Crippen molar-refractivity contribution in [2.24, 2.45) is 17.2 Å². The van der Waals surface area contributed by atoms with Gasteiger partial charge < -0.3 is 47.3 Å². The van der Waals surface area contributed by atoms with Crippen molar-refractivity contribution in [3.63, 3.8) is 0 Å². The second-order valence-electron chi connectivity index (χ2n) is 7.25. The van der Waals surface area contributed by atoms with Crippen LogP contribution in [0.5, 0.6) is 0 Å². The number of carbonyl (C=O) groups is 3. The highest BCUT2D eigenvalue weighted by molar-refractivity contribution is 5.74. The minimum atomic E-state index is -1.39. The number of carbonyl (C=O) groups excluding carboxylic acids is 1. The Bertz CT molecular complexity index is 677. The standard InChI is InChI=1S/C18H30N4O7/c19-12(16(24)25)3-1-2-6-22-8-10(4-5-13(20)17(26)27)11(15(23)9-22)7-14(21)18(28)29/h9,12-14,23H,1-8,19-21H2,(H,24,25)(H,26,27)(H,28,29)/t12-,13-,14-/m0/s1. The molecule has 0 amide bonds. The average Bonchev–Trinajstić information content (AvgIpc) is 2.64. The molecule has 0 fully saturated rings. The topological polar surface area (TPSA) is 217 Å². The summed E-state index contributed by atoms with van der Waals surface area (Å²) in [5.74, 6) is -3.74. The lowest BCUT2D eigenvalue weighted by atomic mass is 9.92. The van der Waals surface area contributed by atoms with Crippen molar-refractivity contribution >= 4 is 17.9 Å². The Morgan fingerprint density at radius 3 is 2.21 bits per heavy atom. The van der Waals surface area contributed by atoms with Crippen LogP contribution in [0.4, 0.5) is 0 Å². The summed E-state index contributed by atoms with van der Waals surface area (Å²) < 4.78 is 0. The summed E-state index contributed by atoms with van der Waals surface area (Å²) in [6.07, 6.45) is 3.39. The number of nitrogens with two attached hydrogens (primary N) is 3. The van der Waals surface area contributed by atoms with E-state index in [9.17, 15) is 24.6 Å². The number of carboxylic acids is 3. The molecule has 1 aliphatic rings. The molecular weight excluding hydrogens is 384 g/mol. The lowest BCUT2D eigenvalue weighted by molar-refractivity contribution is -0.844. The van der Waals surface area contributed by atoms with Crippen LogP contribution < -0.4 is 27.2 Å². The molecule has 0 bridgehead atoms. The number of hydrogen-bond acceptors (Lipinski definition) is 8. The monoisotopic (exact) mass is 414 g/mol. The smallest absolute Gasteiger partial charge is 0.320 e. The number of aliphatic hydroxyl groups excluding tert-OH is 1. The molecule has 1 unspecified atom stereocenters. The van der Waals surface area contributed by atoms with Gasteiger partial charge in [-0.2, -0.15) is 0 Å². The van der Waals surface area contributed by atoms with Crippen LogP contribution in [0.1, 0.15) is 38.5 Å². The van der Waals surface area contributed by atoms with Gasteiger partial charge in [-0.3, -0.25) is 9.59 Å². The minimum absolute atomic E-state index is 0.0809. The number of aliphatic hydroxyl groups is 1. The van der Waals surface area contributed by atoms with Crippen LogP contribution in [-0.4, -0.2) is 64.4 Å². The summed E-state index contributed by atoms with van der Waals surface area (Å²) in [5.41, 5.74) is 17.6. The minimum Gasteiger partial charge on any atom is -0.548 e. The normalized spacial score (nSPS) is 20.0. The van der Waals surface area contributed by atoms with Gasteiger partial charge >= 0.3 is 11.9 Å². The molecule has 29 heavy (non-hydrogen) atoms. The molecule has 0 spiro atoms. The summed E-state index contributed by atoms with van der Waals surface area (Å²) in [4.78, 5) is 33.5. The molecule has 0 aromatic heterocycles. The maximum absolute atomic E-state index is 11.1. The van der Waals surface area contributed by atoms with Gasteiger partial charge in [-0.25, -0.2) is 0 Å². The molecule has 164 valence electrons. The molecule has 10 N–H and O–H groups in total. The van der Waals surface area contributed by atoms with Gasteiger partial charge in [0.15, 0.2) is 5.76 Å². The fraction of sp³-hybridized carbons (Fsp3) is 0.611. The Hall–Kier alpha value is -2.47. The predicted octanol–water partition coefficient (Wildman–Crippen LogP) is -3.18. The quantitative estimate of drug-likeness (QED) is 0.150. The largest absolute Gasteiger partial charge is 0.548 e. The molecule has 11 nitrogen and oxygen atoms in total. The zero-order valence-corrected chi connectivity index (χ0v) is 16.2. The first-order chi connectivity index (χ1) is 13.5. The third-order valence-corrected chi connectivity index (χ3v) is 4.90. The van der Waals surface area contributed by atoms with Crippen molar-refractivity contribution in [3.8, 4) is 0 Å². The third kappa shape index (κ3) is 8.20. The molecule has 1 rings (SSSR count). The van der Waals surface area contributed by atoms with Crippen molar-refractivity contribution in [1.82, 2.24) is 0 Å². The Balaban J connectivity index is 2.80. The Labute approximate surface area is 168 Å². The fourth-order valence-electron chi connectivity index (χ4n) is 3.14. The van der Waals surface area contributed by atoms with Crippen molar-refractivity contribution in [3.05, 3.63) is 23.1 Å². The molecule has 0 aromatic rings. The van der Waals surface area contributed by atoms with Crippen LogP contribution in [0.15, 0.2) is 23.1 Å². The van der Waals surface area contributed by atoms with E-state index in [-0.39, 0.29) is 25.0 Å². The van der Waals surface area contributed by atoms with E-state index in [0.29, 0.717) is 43.5 Å². The van der Waals surface area contributed by atoms with Crippen LogP contribution in [0, 0.1) is 0 Å². The van der Waals surface area contributed by atoms with Gasteiger partial charge in [-0.1, -0.05) is 0 Å². The number of nitrogens with one attached hydrogen (secondary N) is 1. The second kappa shape index (κ2) is 11.5. The van der Waals surface area contributed by atoms with Gasteiger partial charge in [0.1, 0.15) is 24.8 Å². The van der Waals surface area contributed by atoms with Crippen LogP contribution in [-0.2, 0) is 14.4 Å². The summed E-state index contributed by atoms with van der Waals surface area (Å²) >= 11 is 0. The Kier molecular flexibility index (Phi) is 9.75. The first-order valence-corrected chi connectivity index (χ1v) is 9.42. The van der Waals surface area contributed by atoms with E-state index in [1.165, 1.54) is 0 Å². The van der Waals surface area contributed by atoms with Gasteiger partial charge in [0, 0.05) is 18.0 Å². The molecule has 0 saturated carbocycles. The van der Waals surface area contributed by atoms with Crippen molar-refractivity contribution in [2.45, 2.75) is 56.7 Å². The molecule has 0 aliphatic carbocycles. The van der Waals surface area contributed by atoms with Gasteiger partial charge in [-0.05, 0) is 37.7 Å². The van der Waals surface area contributed by atoms with E-state index in [2.05, 4.69) is 0 Å². The first-order valence-electron chi connectivity index (χ1n) is 9.42. The zero-order chi connectivity index (χ0) is 22.1. The maximum atomic E-state index is 11.1. The molecule has 11 heteroatoms. The SMILES string of the molecule is N[C@@H](CCC1=C(C[C@H](N)C(=O)O)C(O)=C[NH+](CCCC[C@H](N)C(=O)O)C1)C(=O)[O-]. The number of aliphatic carboxylic acids is 3. The highest BCUT2D eigenvalue weighted by Crippen LogP contribution is 2.23. The Morgan fingerprint density at radius 1 is 1.03 bits per heavy atom. The lowest BCUT2D eigenvalue weighted by Crippen LogP contribution is -3.08. The number of carboxylic acid groups (broad SMARTS) is 3. The highest BCUT2D eigenvalue weighted by atomic mass is 16.4. The summed E-state index contributed by atoms with van der Waals surface area (Å²) in [5, 5.41) is 39.1. The third-order valence-electron chi connectivity index (χ3n) is 4.90. The molecule has 1 heterocycles. The van der Waals surface area contributed by atoms with E-state index in [4.69, 9.17) is 27.4 Å². The van der Waals surface area contributed by atoms with Crippen LogP contribution in [0.3, 0.4) is 0 Å². The van der Waals surface area contributed by atoms with Crippen LogP contribution in [0.2, 0.25) is 0 Å². The first kappa shape index (κ1) is 24.6. The highest BCUT2D eigenvalue weighted by Gasteiger charge is 2.27. The van der Waals surface area contributed by atoms with Crippen molar-refractivity contribution in [2.75, 3.05) is 13.1 Å². The molecular formula is C18H30N4O7. The summed E-state index contributed by atoms with van der Waals surface area (Å²) in [6.45, 7) is 1.02. The number of hydrogen-bond donors (Lipinski definition) is 7. The van der Waals surface area contributed by atoms with Crippen LogP contribution in [0.25, 0.3) is 0 Å². The lowest BCUT2D eigenvalue weighted by Gasteiger charge is -2.26. The number of allylic oxidation sites excluding steroid dienone is 1. The maximum Gasteiger partial charge on any atom is 0.320 e. The van der Waals surface area contributed by atoms with Gasteiger partial charge in [0.25, 0.3) is 0 Å². The molecule has 0 radical (unpaired) electrons. The summed E-state index contributed by atoms with van der Waals surface area (Å²) in [6, 6.07) is -3.30. The van der Waals surface area contributed by atoms with E-state index in [1.807, 2.05) is 0 Å². The number of rotatable bonds is 13. The van der Waals surface area contributed by atoms with Gasteiger partial charge in [0.2, 0.25) is 0 Å². The fourth-order valence-corrected chi connectivity index (χ4v) is 3.14. The van der Waals surface area contributed by atoms with E-state index < -0.39 is 36.0 Å². The van der Waals surface area contributed by atoms with Crippen molar-refractivity contribution in [1.29, 1.82) is 0 Å². The van der Waals surface area contributed by atoms with Gasteiger partial charge in [0.05, 0.1) is 12.5 Å². The summed E-state index contributed by atoms with van der Waals surface area (Å²) in [7, 11) is 0. The molecule has 0 saturated heterocycles. The molecule has 1 aliphatic heterocycles. The number of unbranched alkanes of at least 4 members (excludes halogenated alkanes) is 1. The Morgan fingerprint density at radius 2 is 1.66 bits per heavy atom. The average molecular weight is 414 g/mol. The predicted molar refractivity (Wildman–Crippen MR) is 100 cm³/mol. The zero-order valence-electron chi connectivity index (χ0n) is 16.2.